The van der Waals surface area contributed by atoms with Crippen molar-refractivity contribution in [2.24, 2.45) is 0 Å². The maximum Gasteiger partial charge on any atom is 0.349 e. The summed E-state index contributed by atoms with van der Waals surface area (Å²) in [5.41, 5.74) is 0.957. The second-order valence-corrected chi connectivity index (χ2v) is 5.14. The van der Waals surface area contributed by atoms with Gasteiger partial charge in [-0.15, -0.1) is 0 Å². The van der Waals surface area contributed by atoms with Crippen molar-refractivity contribution in [1.29, 1.82) is 0 Å². The highest BCUT2D eigenvalue weighted by Crippen LogP contribution is 2.25. The zero-order valence-electron chi connectivity index (χ0n) is 12.7. The summed E-state index contributed by atoms with van der Waals surface area (Å²) < 4.78 is 15.7. The Balaban J connectivity index is 1.80. The predicted molar refractivity (Wildman–Crippen MR) is 87.8 cm³/mol. The minimum atomic E-state index is -0.519. The van der Waals surface area contributed by atoms with E-state index in [0.717, 1.165) is 10.9 Å². The van der Waals surface area contributed by atoms with Gasteiger partial charge in [-0.2, -0.15) is 4.98 Å². The largest absolute Gasteiger partial charge is 0.497 e. The van der Waals surface area contributed by atoms with Crippen molar-refractivity contribution in [2.75, 3.05) is 7.11 Å². The Bertz CT molecular complexity index is 1080. The molecule has 0 radical (unpaired) electrons. The van der Waals surface area contributed by atoms with E-state index in [1.807, 2.05) is 30.3 Å². The lowest BCUT2D eigenvalue weighted by Crippen LogP contribution is -2.02. The van der Waals surface area contributed by atoms with Crippen LogP contribution in [0.3, 0.4) is 0 Å². The van der Waals surface area contributed by atoms with Crippen LogP contribution in [-0.4, -0.2) is 17.3 Å². The number of hydrogen-bond donors (Lipinski definition) is 0. The van der Waals surface area contributed by atoms with E-state index in [4.69, 9.17) is 13.7 Å². The normalized spacial score (nSPS) is 10.9. The van der Waals surface area contributed by atoms with Crippen molar-refractivity contribution < 1.29 is 13.7 Å². The topological polar surface area (TPSA) is 78.4 Å². The summed E-state index contributed by atoms with van der Waals surface area (Å²) in [5, 5.41) is 4.72. The smallest absolute Gasteiger partial charge is 0.349 e. The Morgan fingerprint density at radius 2 is 1.92 bits per heavy atom. The van der Waals surface area contributed by atoms with Crippen LogP contribution in [-0.2, 0) is 0 Å². The number of nitrogens with zero attached hydrogens (tertiary/aromatic N) is 2. The quantitative estimate of drug-likeness (QED) is 0.537. The van der Waals surface area contributed by atoms with Crippen molar-refractivity contribution >= 4 is 11.0 Å². The van der Waals surface area contributed by atoms with Gasteiger partial charge < -0.3 is 13.7 Å². The molecule has 0 N–H and O–H groups in total. The summed E-state index contributed by atoms with van der Waals surface area (Å²) in [6.07, 6.45) is 0. The number of methoxy groups -OCH3 is 1. The van der Waals surface area contributed by atoms with E-state index >= 15 is 0 Å². The van der Waals surface area contributed by atoms with Crippen LogP contribution in [0.2, 0.25) is 0 Å². The first-order chi connectivity index (χ1) is 11.7. The zero-order valence-corrected chi connectivity index (χ0v) is 12.7. The molecule has 6 heteroatoms. The van der Waals surface area contributed by atoms with E-state index in [1.165, 1.54) is 0 Å². The van der Waals surface area contributed by atoms with Crippen LogP contribution >= 0.6 is 0 Å². The van der Waals surface area contributed by atoms with E-state index in [1.54, 1.807) is 31.4 Å². The Hall–Kier alpha value is -3.41. The highest BCUT2D eigenvalue weighted by molar-refractivity contribution is 5.80. The fraction of sp³-hybridized carbons (Fsp3) is 0.0556. The van der Waals surface area contributed by atoms with Crippen molar-refractivity contribution in [3.63, 3.8) is 0 Å². The van der Waals surface area contributed by atoms with Gasteiger partial charge >= 0.3 is 5.63 Å². The molecule has 0 spiro atoms. The van der Waals surface area contributed by atoms with Gasteiger partial charge in [-0.25, -0.2) is 4.79 Å². The molecule has 0 aliphatic rings. The number of fused-ring (bicyclic) bond motifs is 1. The van der Waals surface area contributed by atoms with Gasteiger partial charge in [-0.3, -0.25) is 0 Å². The van der Waals surface area contributed by atoms with Gasteiger partial charge in [0.05, 0.1) is 7.11 Å². The molecule has 0 aliphatic heterocycles. The molecule has 0 unspecified atom stereocenters. The van der Waals surface area contributed by atoms with Gasteiger partial charge in [0.2, 0.25) is 5.82 Å². The van der Waals surface area contributed by atoms with Gasteiger partial charge in [-0.05, 0) is 24.3 Å². The van der Waals surface area contributed by atoms with Crippen molar-refractivity contribution in [1.82, 2.24) is 10.1 Å². The molecule has 0 atom stereocenters. The maximum absolute atomic E-state index is 12.2. The Morgan fingerprint density at radius 3 is 2.79 bits per heavy atom. The molecule has 0 amide bonds. The summed E-state index contributed by atoms with van der Waals surface area (Å²) in [6, 6.07) is 16.2. The summed E-state index contributed by atoms with van der Waals surface area (Å²) in [5.74, 6) is 1.17. The molecule has 0 saturated carbocycles. The van der Waals surface area contributed by atoms with Crippen LogP contribution in [0, 0.1) is 0 Å². The Kier molecular flexibility index (Phi) is 3.35. The molecule has 4 rings (SSSR count). The van der Waals surface area contributed by atoms with Gasteiger partial charge in [-0.1, -0.05) is 35.5 Å². The molecule has 4 aromatic rings. The number of para-hydroxylation sites is 1. The van der Waals surface area contributed by atoms with E-state index < -0.39 is 5.63 Å². The number of hydrogen-bond acceptors (Lipinski definition) is 6. The average molecular weight is 320 g/mol. The SMILES string of the molecule is COc1cccc(-c2noc(-c3cc4ccccc4oc3=O)n2)c1. The fourth-order valence-electron chi connectivity index (χ4n) is 2.42. The van der Waals surface area contributed by atoms with Gasteiger partial charge in [0, 0.05) is 10.9 Å². The van der Waals surface area contributed by atoms with Crippen molar-refractivity contribution in [2.45, 2.75) is 0 Å². The maximum atomic E-state index is 12.2. The molecule has 6 nitrogen and oxygen atoms in total. The van der Waals surface area contributed by atoms with Crippen LogP contribution in [0.5, 0.6) is 5.75 Å². The van der Waals surface area contributed by atoms with Crippen LogP contribution < -0.4 is 10.4 Å². The monoisotopic (exact) mass is 320 g/mol. The zero-order chi connectivity index (χ0) is 16.5. The number of benzene rings is 2. The van der Waals surface area contributed by atoms with Crippen molar-refractivity contribution in [3.05, 3.63) is 65.0 Å². The van der Waals surface area contributed by atoms with Crippen LogP contribution in [0.4, 0.5) is 0 Å². The van der Waals surface area contributed by atoms with Crippen molar-refractivity contribution in [3.8, 4) is 28.6 Å². The molecular formula is C18H12N2O4. The third-order valence-electron chi connectivity index (χ3n) is 3.63. The predicted octanol–water partition coefficient (Wildman–Crippen LogP) is 3.52. The molecule has 2 heterocycles. The van der Waals surface area contributed by atoms with Gasteiger partial charge in [0.15, 0.2) is 0 Å². The van der Waals surface area contributed by atoms with Crippen LogP contribution in [0.15, 0.2) is 68.3 Å². The lowest BCUT2D eigenvalue weighted by molar-refractivity contribution is 0.414. The number of aromatic nitrogens is 2. The summed E-state index contributed by atoms with van der Waals surface area (Å²) in [6.45, 7) is 0. The average Bonchev–Trinajstić information content (AvgIpc) is 3.11. The van der Waals surface area contributed by atoms with E-state index in [2.05, 4.69) is 10.1 Å². The van der Waals surface area contributed by atoms with Gasteiger partial charge in [0.1, 0.15) is 16.9 Å². The number of ether oxygens (including phenoxy) is 1. The first kappa shape index (κ1) is 14.2. The minimum Gasteiger partial charge on any atom is -0.497 e. The first-order valence-corrected chi connectivity index (χ1v) is 7.26. The molecule has 24 heavy (non-hydrogen) atoms. The number of rotatable bonds is 3. The van der Waals surface area contributed by atoms with Crippen LogP contribution in [0.1, 0.15) is 0 Å². The second-order valence-electron chi connectivity index (χ2n) is 5.14. The minimum absolute atomic E-state index is 0.118. The molecule has 0 saturated heterocycles. The lowest BCUT2D eigenvalue weighted by Gasteiger charge is -2.00. The van der Waals surface area contributed by atoms with E-state index in [0.29, 0.717) is 17.2 Å². The summed E-state index contributed by atoms with van der Waals surface area (Å²) in [7, 11) is 1.58. The fourth-order valence-corrected chi connectivity index (χ4v) is 2.42. The highest BCUT2D eigenvalue weighted by atomic mass is 16.5. The Labute approximate surface area is 136 Å². The van der Waals surface area contributed by atoms with Gasteiger partial charge in [0.25, 0.3) is 5.89 Å². The lowest BCUT2D eigenvalue weighted by atomic mass is 10.2. The summed E-state index contributed by atoms with van der Waals surface area (Å²) >= 11 is 0. The molecule has 118 valence electrons. The molecular weight excluding hydrogens is 308 g/mol. The Morgan fingerprint density at radius 1 is 1.04 bits per heavy atom. The highest BCUT2D eigenvalue weighted by Gasteiger charge is 2.16. The molecule has 0 fully saturated rings. The molecule has 0 aliphatic carbocycles. The molecule has 2 aromatic carbocycles. The standard InChI is InChI=1S/C18H12N2O4/c1-22-13-7-4-6-12(9-13)16-19-17(24-20-16)14-10-11-5-2-3-8-15(11)23-18(14)21/h2-10H,1H3. The van der Waals surface area contributed by atoms with E-state index in [-0.39, 0.29) is 11.5 Å². The summed E-state index contributed by atoms with van der Waals surface area (Å²) in [4.78, 5) is 16.5. The second kappa shape index (κ2) is 5.66. The first-order valence-electron chi connectivity index (χ1n) is 7.26. The molecule has 0 bridgehead atoms. The molecule has 2 aromatic heterocycles. The van der Waals surface area contributed by atoms with Crippen LogP contribution in [0.25, 0.3) is 33.8 Å². The third-order valence-corrected chi connectivity index (χ3v) is 3.63. The van der Waals surface area contributed by atoms with E-state index in [9.17, 15) is 4.79 Å². The third kappa shape index (κ3) is 2.44.